The largest absolute Gasteiger partial charge is 0.486 e. The summed E-state index contributed by atoms with van der Waals surface area (Å²) in [4.78, 5) is 5.86. The van der Waals surface area contributed by atoms with E-state index in [2.05, 4.69) is 18.8 Å². The van der Waals surface area contributed by atoms with Crippen LogP contribution in [0, 0.1) is 6.92 Å². The molecule has 2 rings (SSSR count). The van der Waals surface area contributed by atoms with Crippen molar-refractivity contribution in [1.82, 2.24) is 4.98 Å². The van der Waals surface area contributed by atoms with Crippen molar-refractivity contribution in [2.75, 3.05) is 0 Å². The smallest absolute Gasteiger partial charge is 0.140 e. The summed E-state index contributed by atoms with van der Waals surface area (Å²) in [6.07, 6.45) is 0. The number of para-hydroxylation sites is 1. The Labute approximate surface area is 124 Å². The highest BCUT2D eigenvalue weighted by atomic mass is 32.1. The van der Waals surface area contributed by atoms with Crippen molar-refractivity contribution in [3.63, 3.8) is 0 Å². The molecule has 1 aromatic heterocycles. The van der Waals surface area contributed by atoms with Crippen molar-refractivity contribution in [1.29, 1.82) is 0 Å². The number of aromatic nitrogens is 1. The van der Waals surface area contributed by atoms with Crippen LogP contribution in [-0.4, -0.2) is 4.98 Å². The lowest BCUT2D eigenvalue weighted by Crippen LogP contribution is -2.06. The fourth-order valence-corrected chi connectivity index (χ4v) is 3.14. The molecule has 0 saturated heterocycles. The molecule has 1 unspecified atom stereocenters. The second kappa shape index (κ2) is 6.37. The van der Waals surface area contributed by atoms with Gasteiger partial charge in [-0.15, -0.1) is 11.3 Å². The van der Waals surface area contributed by atoms with E-state index in [1.807, 2.05) is 38.1 Å². The molecule has 0 fully saturated rings. The normalized spacial score (nSPS) is 12.7. The molecule has 2 N–H and O–H groups in total. The van der Waals surface area contributed by atoms with Gasteiger partial charge in [0.2, 0.25) is 0 Å². The van der Waals surface area contributed by atoms with Gasteiger partial charge in [0.15, 0.2) is 0 Å². The topological polar surface area (TPSA) is 48.1 Å². The van der Waals surface area contributed by atoms with E-state index in [1.165, 1.54) is 4.88 Å². The molecule has 0 radical (unpaired) electrons. The molecular weight excluding hydrogens is 268 g/mol. The van der Waals surface area contributed by atoms with E-state index in [-0.39, 0.29) is 6.04 Å². The van der Waals surface area contributed by atoms with Crippen LogP contribution in [0.3, 0.4) is 0 Å². The maximum atomic E-state index is 6.03. The Bertz CT molecular complexity index is 550. The molecule has 1 aromatic carbocycles. The Hall–Kier alpha value is -1.39. The number of nitrogens with two attached hydrogens (primary N) is 1. The van der Waals surface area contributed by atoms with Gasteiger partial charge in [0.25, 0.3) is 0 Å². The van der Waals surface area contributed by atoms with Gasteiger partial charge in [0.1, 0.15) is 17.4 Å². The Morgan fingerprint density at radius 2 is 1.95 bits per heavy atom. The van der Waals surface area contributed by atoms with Gasteiger partial charge in [-0.1, -0.05) is 32.0 Å². The first kappa shape index (κ1) is 15.0. The summed E-state index contributed by atoms with van der Waals surface area (Å²) in [5.41, 5.74) is 8.27. The number of ether oxygens (including phenoxy) is 1. The fraction of sp³-hybridized carbons (Fsp3) is 0.438. The third-order valence-electron chi connectivity index (χ3n) is 3.13. The number of hydrogen-bond acceptors (Lipinski definition) is 4. The lowest BCUT2D eigenvalue weighted by atomic mass is 10.1. The molecule has 4 heteroatoms. The molecule has 1 heterocycles. The van der Waals surface area contributed by atoms with Crippen LogP contribution < -0.4 is 10.5 Å². The van der Waals surface area contributed by atoms with Crippen LogP contribution in [0.2, 0.25) is 0 Å². The van der Waals surface area contributed by atoms with Crippen molar-refractivity contribution in [3.8, 4) is 5.75 Å². The van der Waals surface area contributed by atoms with Crippen molar-refractivity contribution in [2.45, 2.75) is 46.3 Å². The molecule has 0 spiro atoms. The third-order valence-corrected chi connectivity index (χ3v) is 4.38. The van der Waals surface area contributed by atoms with E-state index in [0.29, 0.717) is 12.5 Å². The number of nitrogens with zero attached hydrogens (tertiary/aromatic N) is 1. The van der Waals surface area contributed by atoms with E-state index in [9.17, 15) is 0 Å². The van der Waals surface area contributed by atoms with Gasteiger partial charge in [0.05, 0.1) is 5.69 Å². The highest BCUT2D eigenvalue weighted by Crippen LogP contribution is 2.30. The van der Waals surface area contributed by atoms with Crippen LogP contribution >= 0.6 is 11.3 Å². The third kappa shape index (κ3) is 3.38. The van der Waals surface area contributed by atoms with Gasteiger partial charge >= 0.3 is 0 Å². The Balaban J connectivity index is 2.14. The highest BCUT2D eigenvalue weighted by Gasteiger charge is 2.17. The molecule has 3 nitrogen and oxygen atoms in total. The summed E-state index contributed by atoms with van der Waals surface area (Å²) in [6, 6.07) is 8.05. The van der Waals surface area contributed by atoms with E-state index in [0.717, 1.165) is 22.0 Å². The Kier molecular flexibility index (Phi) is 4.78. The zero-order valence-electron chi connectivity index (χ0n) is 12.5. The molecule has 108 valence electrons. The van der Waals surface area contributed by atoms with E-state index in [1.54, 1.807) is 11.3 Å². The lowest BCUT2D eigenvalue weighted by molar-refractivity contribution is 0.303. The van der Waals surface area contributed by atoms with Gasteiger partial charge in [-0.2, -0.15) is 0 Å². The fourth-order valence-electron chi connectivity index (χ4n) is 2.05. The maximum Gasteiger partial charge on any atom is 0.140 e. The van der Waals surface area contributed by atoms with Gasteiger partial charge in [-0.25, -0.2) is 4.98 Å². The van der Waals surface area contributed by atoms with Crippen molar-refractivity contribution >= 4 is 11.3 Å². The Morgan fingerprint density at radius 1 is 1.25 bits per heavy atom. The first-order valence-electron chi connectivity index (χ1n) is 6.92. The van der Waals surface area contributed by atoms with Crippen LogP contribution in [0.5, 0.6) is 5.75 Å². The molecule has 0 aliphatic rings. The van der Waals surface area contributed by atoms with Crippen LogP contribution in [0.1, 0.15) is 53.9 Å². The van der Waals surface area contributed by atoms with Gasteiger partial charge in [-0.3, -0.25) is 0 Å². The standard InChI is InChI=1S/C16H22N2OS/c1-10(2)15-16(12(4)17)20-14(18-15)9-19-13-8-6-5-7-11(13)3/h5-8,10,12H,9,17H2,1-4H3. The van der Waals surface area contributed by atoms with E-state index < -0.39 is 0 Å². The second-order valence-corrected chi connectivity index (χ2v) is 6.47. The van der Waals surface area contributed by atoms with E-state index in [4.69, 9.17) is 10.5 Å². The first-order chi connectivity index (χ1) is 9.49. The average Bonchev–Trinajstić information content (AvgIpc) is 2.82. The molecule has 0 aliphatic carbocycles. The van der Waals surface area contributed by atoms with Gasteiger partial charge in [-0.05, 0) is 31.4 Å². The molecule has 1 atom stereocenters. The zero-order chi connectivity index (χ0) is 14.7. The average molecular weight is 290 g/mol. The van der Waals surface area contributed by atoms with Crippen LogP contribution in [0.4, 0.5) is 0 Å². The molecular formula is C16H22N2OS. The second-order valence-electron chi connectivity index (χ2n) is 5.35. The summed E-state index contributed by atoms with van der Waals surface area (Å²) in [5.74, 6) is 1.30. The number of rotatable bonds is 5. The van der Waals surface area contributed by atoms with Crippen molar-refractivity contribution < 1.29 is 4.74 Å². The summed E-state index contributed by atoms with van der Waals surface area (Å²) in [7, 11) is 0. The highest BCUT2D eigenvalue weighted by molar-refractivity contribution is 7.11. The van der Waals surface area contributed by atoms with Gasteiger partial charge in [0, 0.05) is 10.9 Å². The zero-order valence-corrected chi connectivity index (χ0v) is 13.3. The number of benzene rings is 1. The van der Waals surface area contributed by atoms with Crippen LogP contribution in [0.15, 0.2) is 24.3 Å². The molecule has 0 bridgehead atoms. The first-order valence-corrected chi connectivity index (χ1v) is 7.74. The molecule has 0 saturated carbocycles. The summed E-state index contributed by atoms with van der Waals surface area (Å²) < 4.78 is 5.86. The van der Waals surface area contributed by atoms with E-state index >= 15 is 0 Å². The number of thiazole rings is 1. The minimum atomic E-state index is 0.0251. The summed E-state index contributed by atoms with van der Waals surface area (Å²) in [5, 5.41) is 0.990. The molecule has 0 amide bonds. The number of aryl methyl sites for hydroxylation is 1. The molecule has 2 aromatic rings. The maximum absolute atomic E-state index is 6.03. The molecule has 0 aliphatic heterocycles. The summed E-state index contributed by atoms with van der Waals surface area (Å²) in [6.45, 7) is 8.84. The SMILES string of the molecule is Cc1ccccc1OCc1nc(C(C)C)c(C(C)N)s1. The minimum absolute atomic E-state index is 0.0251. The van der Waals surface area contributed by atoms with Crippen LogP contribution in [-0.2, 0) is 6.61 Å². The predicted molar refractivity (Wildman–Crippen MR) is 84.3 cm³/mol. The van der Waals surface area contributed by atoms with Crippen LogP contribution in [0.25, 0.3) is 0 Å². The van der Waals surface area contributed by atoms with Crippen molar-refractivity contribution in [2.24, 2.45) is 5.73 Å². The minimum Gasteiger partial charge on any atom is -0.486 e. The van der Waals surface area contributed by atoms with Gasteiger partial charge < -0.3 is 10.5 Å². The number of hydrogen-bond donors (Lipinski definition) is 1. The Morgan fingerprint density at radius 3 is 2.50 bits per heavy atom. The van der Waals surface area contributed by atoms with Crippen molar-refractivity contribution in [3.05, 3.63) is 45.4 Å². The summed E-state index contributed by atoms with van der Waals surface area (Å²) >= 11 is 1.66. The molecule has 20 heavy (non-hydrogen) atoms. The quantitative estimate of drug-likeness (QED) is 0.899. The lowest BCUT2D eigenvalue weighted by Gasteiger charge is -2.07. The monoisotopic (exact) mass is 290 g/mol. The predicted octanol–water partition coefficient (Wildman–Crippen LogP) is 4.17.